The molecule has 0 spiro atoms. The van der Waals surface area contributed by atoms with Crippen LogP contribution < -0.4 is 0 Å². The fourth-order valence-electron chi connectivity index (χ4n) is 3.25. The van der Waals surface area contributed by atoms with Gasteiger partial charge < -0.3 is 0 Å². The van der Waals surface area contributed by atoms with Crippen LogP contribution in [-0.2, 0) is 0 Å². The number of rotatable bonds is 1. The highest BCUT2D eigenvalue weighted by atomic mass is 14.6. The molecule has 13 heavy (non-hydrogen) atoms. The van der Waals surface area contributed by atoms with Crippen molar-refractivity contribution in [3.63, 3.8) is 0 Å². The quantitative estimate of drug-likeness (QED) is 0.636. The number of hydrogen-bond donors (Lipinski definition) is 0. The van der Waals surface area contributed by atoms with Crippen molar-refractivity contribution in [2.24, 2.45) is 11.8 Å². The van der Waals surface area contributed by atoms with E-state index in [2.05, 4.69) is 23.3 Å². The molecule has 1 aromatic heterocycles. The Kier molecular flexibility index (Phi) is 1.64. The summed E-state index contributed by atoms with van der Waals surface area (Å²) in [5.41, 5.74) is 1.48. The third-order valence-electron chi connectivity index (χ3n) is 3.85. The van der Waals surface area contributed by atoms with Gasteiger partial charge in [0.25, 0.3) is 0 Å². The Balaban J connectivity index is 1.87. The average molecular weight is 173 g/mol. The molecule has 0 aliphatic heterocycles. The summed E-state index contributed by atoms with van der Waals surface area (Å²) >= 11 is 0. The van der Waals surface area contributed by atoms with Crippen LogP contribution in [0.5, 0.6) is 0 Å². The van der Waals surface area contributed by atoms with E-state index < -0.39 is 0 Å². The predicted octanol–water partition coefficient (Wildman–Crippen LogP) is 2.99. The summed E-state index contributed by atoms with van der Waals surface area (Å²) in [7, 11) is 0. The normalized spacial score (nSPS) is 36.8. The summed E-state index contributed by atoms with van der Waals surface area (Å²) in [5.74, 6) is 2.86. The van der Waals surface area contributed by atoms with Crippen LogP contribution in [0, 0.1) is 11.8 Å². The summed E-state index contributed by atoms with van der Waals surface area (Å²) in [6, 6.07) is 4.32. The van der Waals surface area contributed by atoms with E-state index in [0.29, 0.717) is 0 Å². The zero-order valence-corrected chi connectivity index (χ0v) is 7.82. The number of fused-ring (bicyclic) bond motifs is 2. The maximum atomic E-state index is 4.21. The van der Waals surface area contributed by atoms with Crippen molar-refractivity contribution in [2.75, 3.05) is 0 Å². The summed E-state index contributed by atoms with van der Waals surface area (Å²) in [4.78, 5) is 4.21. The minimum atomic E-state index is 0.840. The van der Waals surface area contributed by atoms with Crippen LogP contribution in [0.1, 0.15) is 37.2 Å². The molecule has 0 radical (unpaired) electrons. The molecule has 3 rings (SSSR count). The van der Waals surface area contributed by atoms with Gasteiger partial charge in [0.05, 0.1) is 0 Å². The zero-order chi connectivity index (χ0) is 8.67. The second-order valence-corrected chi connectivity index (χ2v) is 4.57. The molecule has 68 valence electrons. The van der Waals surface area contributed by atoms with E-state index in [-0.39, 0.29) is 0 Å². The summed E-state index contributed by atoms with van der Waals surface area (Å²) in [6.45, 7) is 0. The van der Waals surface area contributed by atoms with Gasteiger partial charge in [-0.1, -0.05) is 12.5 Å². The molecule has 2 aliphatic carbocycles. The van der Waals surface area contributed by atoms with E-state index in [4.69, 9.17) is 0 Å². The Morgan fingerprint density at radius 2 is 2.23 bits per heavy atom. The van der Waals surface area contributed by atoms with Gasteiger partial charge in [-0.25, -0.2) is 0 Å². The highest BCUT2D eigenvalue weighted by molar-refractivity contribution is 5.19. The molecule has 0 N–H and O–H groups in total. The van der Waals surface area contributed by atoms with Crippen molar-refractivity contribution < 1.29 is 0 Å². The largest absolute Gasteiger partial charge is 0.264 e. The minimum Gasteiger partial charge on any atom is -0.264 e. The first-order chi connectivity index (χ1) is 6.43. The van der Waals surface area contributed by atoms with E-state index in [1.54, 1.807) is 0 Å². The second-order valence-electron chi connectivity index (χ2n) is 4.57. The lowest BCUT2D eigenvalue weighted by atomic mass is 9.84. The van der Waals surface area contributed by atoms with Crippen LogP contribution >= 0.6 is 0 Å². The molecule has 2 fully saturated rings. The van der Waals surface area contributed by atoms with Crippen molar-refractivity contribution in [2.45, 2.75) is 31.6 Å². The maximum absolute atomic E-state index is 4.21. The molecule has 1 aromatic rings. The van der Waals surface area contributed by atoms with Gasteiger partial charge in [0.2, 0.25) is 0 Å². The van der Waals surface area contributed by atoms with Gasteiger partial charge in [-0.3, -0.25) is 4.98 Å². The molecule has 1 heterocycles. The van der Waals surface area contributed by atoms with Gasteiger partial charge in [0, 0.05) is 12.4 Å². The topological polar surface area (TPSA) is 12.9 Å². The Hall–Kier alpha value is -0.850. The van der Waals surface area contributed by atoms with Crippen molar-refractivity contribution in [1.82, 2.24) is 4.98 Å². The first-order valence-electron chi connectivity index (χ1n) is 5.33. The van der Waals surface area contributed by atoms with Crippen LogP contribution in [0.25, 0.3) is 0 Å². The van der Waals surface area contributed by atoms with E-state index in [1.165, 1.54) is 31.2 Å². The third-order valence-corrected chi connectivity index (χ3v) is 3.85. The fraction of sp³-hybridized carbons (Fsp3) is 0.583. The van der Waals surface area contributed by atoms with Gasteiger partial charge in [-0.05, 0) is 48.6 Å². The first kappa shape index (κ1) is 7.54. The van der Waals surface area contributed by atoms with Crippen molar-refractivity contribution in [3.05, 3.63) is 30.1 Å². The molecule has 0 aromatic carbocycles. The van der Waals surface area contributed by atoms with Gasteiger partial charge >= 0.3 is 0 Å². The lowest BCUT2D eigenvalue weighted by Gasteiger charge is -2.21. The first-order valence-corrected chi connectivity index (χ1v) is 5.33. The summed E-state index contributed by atoms with van der Waals surface area (Å²) < 4.78 is 0. The van der Waals surface area contributed by atoms with Crippen molar-refractivity contribution in [1.29, 1.82) is 0 Å². The molecule has 1 nitrogen and oxygen atoms in total. The van der Waals surface area contributed by atoms with Crippen molar-refractivity contribution in [3.8, 4) is 0 Å². The van der Waals surface area contributed by atoms with Gasteiger partial charge in [0.15, 0.2) is 0 Å². The highest BCUT2D eigenvalue weighted by Gasteiger charge is 2.39. The van der Waals surface area contributed by atoms with E-state index >= 15 is 0 Å². The molecule has 0 unspecified atom stereocenters. The highest BCUT2D eigenvalue weighted by Crippen LogP contribution is 2.52. The molecule has 2 aliphatic rings. The molecular formula is C12H15N. The lowest BCUT2D eigenvalue weighted by Crippen LogP contribution is -2.08. The van der Waals surface area contributed by atoms with Gasteiger partial charge in [-0.2, -0.15) is 0 Å². The SMILES string of the molecule is c1cncc([C@H]2C[C@@H]3CC[C@H]2C3)c1. The monoisotopic (exact) mass is 173 g/mol. The molecule has 1 heteroatoms. The standard InChI is InChI=1S/C12H15N/c1-2-11(8-13-5-1)12-7-9-3-4-10(12)6-9/h1-2,5,8-10,12H,3-4,6-7H2/t9-,10+,12+/m1/s1. The third kappa shape index (κ3) is 1.18. The Morgan fingerprint density at radius 3 is 2.85 bits per heavy atom. The van der Waals surface area contributed by atoms with Crippen LogP contribution in [0.4, 0.5) is 0 Å². The van der Waals surface area contributed by atoms with Gasteiger partial charge in [0.1, 0.15) is 0 Å². The molecular weight excluding hydrogens is 158 g/mol. The number of pyridine rings is 1. The van der Waals surface area contributed by atoms with Crippen LogP contribution in [0.15, 0.2) is 24.5 Å². The predicted molar refractivity (Wildman–Crippen MR) is 52.4 cm³/mol. The van der Waals surface area contributed by atoms with E-state index in [0.717, 1.165) is 17.8 Å². The van der Waals surface area contributed by atoms with Crippen molar-refractivity contribution >= 4 is 0 Å². The summed E-state index contributed by atoms with van der Waals surface area (Å²) in [6.07, 6.45) is 9.80. The van der Waals surface area contributed by atoms with Crippen LogP contribution in [0.2, 0.25) is 0 Å². The zero-order valence-electron chi connectivity index (χ0n) is 7.82. The fourth-order valence-corrected chi connectivity index (χ4v) is 3.25. The Bertz CT molecular complexity index is 293. The average Bonchev–Trinajstić information content (AvgIpc) is 2.80. The summed E-state index contributed by atoms with van der Waals surface area (Å²) in [5, 5.41) is 0. The van der Waals surface area contributed by atoms with E-state index in [1.807, 2.05) is 6.20 Å². The number of hydrogen-bond acceptors (Lipinski definition) is 1. The smallest absolute Gasteiger partial charge is 0.0302 e. The molecule has 3 atom stereocenters. The van der Waals surface area contributed by atoms with Crippen LogP contribution in [0.3, 0.4) is 0 Å². The maximum Gasteiger partial charge on any atom is 0.0302 e. The number of nitrogens with zero attached hydrogens (tertiary/aromatic N) is 1. The molecule has 0 saturated heterocycles. The molecule has 2 saturated carbocycles. The Morgan fingerprint density at radius 1 is 1.23 bits per heavy atom. The lowest BCUT2D eigenvalue weighted by molar-refractivity contribution is 0.419. The second kappa shape index (κ2) is 2.83. The molecule has 2 bridgehead atoms. The molecule has 0 amide bonds. The Labute approximate surface area is 79.2 Å². The number of aromatic nitrogens is 1. The van der Waals surface area contributed by atoms with Crippen LogP contribution in [-0.4, -0.2) is 4.98 Å². The van der Waals surface area contributed by atoms with Gasteiger partial charge in [-0.15, -0.1) is 0 Å². The van der Waals surface area contributed by atoms with E-state index in [9.17, 15) is 0 Å². The minimum absolute atomic E-state index is 0.840.